The van der Waals surface area contributed by atoms with Crippen LogP contribution in [0.2, 0.25) is 0 Å². The van der Waals surface area contributed by atoms with Crippen molar-refractivity contribution in [2.75, 3.05) is 4.90 Å². The van der Waals surface area contributed by atoms with E-state index in [4.69, 9.17) is 9.97 Å². The van der Waals surface area contributed by atoms with Crippen LogP contribution in [0.1, 0.15) is 33.5 Å². The summed E-state index contributed by atoms with van der Waals surface area (Å²) in [6, 6.07) is 19.7. The van der Waals surface area contributed by atoms with Crippen molar-refractivity contribution in [3.8, 4) is 11.1 Å². The molecule has 0 N–H and O–H groups in total. The van der Waals surface area contributed by atoms with Gasteiger partial charge in [-0.05, 0) is 69.6 Å². The van der Waals surface area contributed by atoms with E-state index in [0.717, 1.165) is 30.8 Å². The number of pyridine rings is 2. The quantitative estimate of drug-likeness (QED) is 0.367. The number of rotatable bonds is 0. The lowest BCUT2D eigenvalue weighted by Gasteiger charge is -2.38. The molecular weight excluding hydrogens is 342 g/mol. The minimum Gasteiger partial charge on any atom is -0.292 e. The maximum Gasteiger partial charge on any atom is 0.141 e. The molecule has 0 saturated carbocycles. The fourth-order valence-electron chi connectivity index (χ4n) is 5.25. The molecule has 3 aliphatic rings. The monoisotopic (exact) mass is 359 g/mol. The van der Waals surface area contributed by atoms with E-state index < -0.39 is 0 Å². The van der Waals surface area contributed by atoms with Gasteiger partial charge in [-0.2, -0.15) is 0 Å². The van der Waals surface area contributed by atoms with Crippen LogP contribution in [0.4, 0.5) is 17.2 Å². The molecule has 0 atom stereocenters. The van der Waals surface area contributed by atoms with E-state index in [0.29, 0.717) is 0 Å². The van der Waals surface area contributed by atoms with E-state index in [1.807, 2.05) is 24.5 Å². The van der Waals surface area contributed by atoms with Crippen LogP contribution < -0.4 is 4.90 Å². The summed E-state index contributed by atoms with van der Waals surface area (Å²) < 4.78 is 0. The van der Waals surface area contributed by atoms with Crippen molar-refractivity contribution in [1.82, 2.24) is 9.97 Å². The predicted molar refractivity (Wildman–Crippen MR) is 111 cm³/mol. The van der Waals surface area contributed by atoms with Gasteiger partial charge in [-0.15, -0.1) is 0 Å². The summed E-state index contributed by atoms with van der Waals surface area (Å²) in [5.41, 5.74) is 13.5. The molecule has 2 aliphatic heterocycles. The zero-order valence-corrected chi connectivity index (χ0v) is 15.3. The Balaban J connectivity index is 1.58. The molecule has 7 rings (SSSR count). The van der Waals surface area contributed by atoms with E-state index in [9.17, 15) is 0 Å². The third-order valence-corrected chi connectivity index (χ3v) is 6.41. The van der Waals surface area contributed by atoms with Crippen molar-refractivity contribution in [1.29, 1.82) is 0 Å². The van der Waals surface area contributed by atoms with Gasteiger partial charge in [0, 0.05) is 25.2 Å². The van der Waals surface area contributed by atoms with Crippen molar-refractivity contribution >= 4 is 17.2 Å². The van der Waals surface area contributed by atoms with E-state index >= 15 is 0 Å². The molecule has 0 fully saturated rings. The van der Waals surface area contributed by atoms with Gasteiger partial charge in [0.05, 0.1) is 17.1 Å². The standard InChI is InChI=1S/C25H17N3/c1-2-7-18-15(5-1)12-20-19(18)13-17-11-16-6-3-10-27-25(16)28-23-8-4-9-26-22(23)14-21(20)24(17)28/h1-10,13H,11-12,14H2. The lowest BCUT2D eigenvalue weighted by atomic mass is 9.84. The molecule has 28 heavy (non-hydrogen) atoms. The van der Waals surface area contributed by atoms with Crippen LogP contribution in [0.3, 0.4) is 0 Å². The van der Waals surface area contributed by atoms with Gasteiger partial charge in [-0.3, -0.25) is 9.88 Å². The topological polar surface area (TPSA) is 29.0 Å². The Morgan fingerprint density at radius 2 is 1.54 bits per heavy atom. The van der Waals surface area contributed by atoms with Crippen molar-refractivity contribution in [3.05, 3.63) is 101 Å². The first kappa shape index (κ1) is 14.6. The Morgan fingerprint density at radius 1 is 0.679 bits per heavy atom. The van der Waals surface area contributed by atoms with E-state index in [2.05, 4.69) is 47.4 Å². The molecule has 132 valence electrons. The second-order valence-electron chi connectivity index (χ2n) is 7.87. The first-order valence-corrected chi connectivity index (χ1v) is 9.82. The van der Waals surface area contributed by atoms with Gasteiger partial charge in [0.2, 0.25) is 0 Å². The summed E-state index contributed by atoms with van der Waals surface area (Å²) in [7, 11) is 0. The Labute approximate surface area is 163 Å². The lowest BCUT2D eigenvalue weighted by molar-refractivity contribution is 0.939. The molecule has 1 aliphatic carbocycles. The Kier molecular flexibility index (Phi) is 2.64. The maximum absolute atomic E-state index is 4.78. The van der Waals surface area contributed by atoms with Gasteiger partial charge in [0.25, 0.3) is 0 Å². The van der Waals surface area contributed by atoms with Gasteiger partial charge in [-0.1, -0.05) is 30.3 Å². The molecule has 3 nitrogen and oxygen atoms in total. The molecule has 0 unspecified atom stereocenters. The van der Waals surface area contributed by atoms with Crippen molar-refractivity contribution in [3.63, 3.8) is 0 Å². The highest BCUT2D eigenvalue weighted by Gasteiger charge is 2.36. The molecule has 0 saturated heterocycles. The third-order valence-electron chi connectivity index (χ3n) is 6.41. The van der Waals surface area contributed by atoms with Gasteiger partial charge in [0.15, 0.2) is 0 Å². The molecule has 0 amide bonds. The minimum atomic E-state index is 0.897. The van der Waals surface area contributed by atoms with Crippen LogP contribution >= 0.6 is 0 Å². The number of anilines is 3. The Bertz CT molecular complexity index is 1290. The minimum absolute atomic E-state index is 0.897. The van der Waals surface area contributed by atoms with Crippen LogP contribution in [0.25, 0.3) is 11.1 Å². The van der Waals surface area contributed by atoms with Gasteiger partial charge in [-0.25, -0.2) is 4.98 Å². The highest BCUT2D eigenvalue weighted by atomic mass is 15.2. The highest BCUT2D eigenvalue weighted by molar-refractivity contribution is 5.92. The Morgan fingerprint density at radius 3 is 2.54 bits per heavy atom. The second kappa shape index (κ2) is 5.08. The SMILES string of the molecule is c1ccc2c(c1)Cc1c-2cc2c3c1Cc1ncccc1N3c1ncccc1C2. The normalized spacial score (nSPS) is 14.6. The summed E-state index contributed by atoms with van der Waals surface area (Å²) >= 11 is 0. The van der Waals surface area contributed by atoms with Gasteiger partial charge >= 0.3 is 0 Å². The number of benzene rings is 2. The molecule has 0 spiro atoms. The zero-order chi connectivity index (χ0) is 18.2. The summed E-state index contributed by atoms with van der Waals surface area (Å²) in [4.78, 5) is 11.9. The van der Waals surface area contributed by atoms with Crippen LogP contribution in [0, 0.1) is 0 Å². The number of hydrogen-bond acceptors (Lipinski definition) is 3. The first-order valence-electron chi connectivity index (χ1n) is 9.82. The summed E-state index contributed by atoms with van der Waals surface area (Å²) in [6.07, 6.45) is 6.66. The summed E-state index contributed by atoms with van der Waals surface area (Å²) in [6.45, 7) is 0. The van der Waals surface area contributed by atoms with Gasteiger partial charge in [0.1, 0.15) is 5.82 Å². The first-order chi connectivity index (χ1) is 13.9. The molecule has 4 aromatic rings. The molecule has 2 aromatic heterocycles. The third kappa shape index (κ3) is 1.74. The van der Waals surface area contributed by atoms with E-state index in [1.54, 1.807) is 0 Å². The van der Waals surface area contributed by atoms with Crippen LogP contribution in [0.5, 0.6) is 0 Å². The molecule has 0 radical (unpaired) electrons. The fraction of sp³-hybridized carbons (Fsp3) is 0.120. The smallest absolute Gasteiger partial charge is 0.141 e. The predicted octanol–water partition coefficient (Wildman–Crippen LogP) is 5.33. The maximum atomic E-state index is 4.78. The average molecular weight is 359 g/mol. The number of aromatic nitrogens is 2. The van der Waals surface area contributed by atoms with Gasteiger partial charge < -0.3 is 0 Å². The Hall–Kier alpha value is -3.46. The van der Waals surface area contributed by atoms with Crippen LogP contribution in [-0.4, -0.2) is 9.97 Å². The number of nitrogens with zero attached hydrogens (tertiary/aromatic N) is 3. The highest BCUT2D eigenvalue weighted by Crippen LogP contribution is 2.53. The fourth-order valence-corrected chi connectivity index (χ4v) is 5.25. The van der Waals surface area contributed by atoms with Crippen LogP contribution in [-0.2, 0) is 19.3 Å². The molecule has 4 heterocycles. The van der Waals surface area contributed by atoms with E-state index in [1.165, 1.54) is 50.3 Å². The molecule has 3 heteroatoms. The second-order valence-corrected chi connectivity index (χ2v) is 7.87. The molecule has 0 bridgehead atoms. The lowest BCUT2D eigenvalue weighted by Crippen LogP contribution is -2.27. The van der Waals surface area contributed by atoms with Crippen molar-refractivity contribution in [2.45, 2.75) is 19.3 Å². The van der Waals surface area contributed by atoms with Crippen LogP contribution in [0.15, 0.2) is 67.0 Å². The zero-order valence-electron chi connectivity index (χ0n) is 15.3. The van der Waals surface area contributed by atoms with Crippen molar-refractivity contribution < 1.29 is 0 Å². The van der Waals surface area contributed by atoms with Crippen molar-refractivity contribution in [2.24, 2.45) is 0 Å². The number of fused-ring (bicyclic) bond motifs is 8. The summed E-state index contributed by atoms with van der Waals surface area (Å²) in [5.74, 6) is 1.06. The molecular formula is C25H17N3. The van der Waals surface area contributed by atoms with E-state index in [-0.39, 0.29) is 0 Å². The molecule has 2 aromatic carbocycles. The average Bonchev–Trinajstić information content (AvgIpc) is 3.12. The summed E-state index contributed by atoms with van der Waals surface area (Å²) in [5, 5.41) is 0. The number of hydrogen-bond donors (Lipinski definition) is 0. The largest absolute Gasteiger partial charge is 0.292 e.